The average molecular weight is 1000 g/mol. The topological polar surface area (TPSA) is 289 Å². The van der Waals surface area contributed by atoms with Crippen LogP contribution in [0.2, 0.25) is 0 Å². The summed E-state index contributed by atoms with van der Waals surface area (Å²) in [6.45, 7) is 12.8. The number of halogens is 3. The van der Waals surface area contributed by atoms with Gasteiger partial charge in [0.1, 0.15) is 28.1 Å². The maximum absolute atomic E-state index is 14.5. The van der Waals surface area contributed by atoms with E-state index in [1.807, 2.05) is 6.92 Å². The van der Waals surface area contributed by atoms with E-state index in [4.69, 9.17) is 30.7 Å². The fourth-order valence-corrected chi connectivity index (χ4v) is 8.00. The summed E-state index contributed by atoms with van der Waals surface area (Å²) in [5.74, 6) is -2.58. The molecule has 6 heterocycles. The second-order valence-electron chi connectivity index (χ2n) is 17.8. The zero-order chi connectivity index (χ0) is 52.2. The summed E-state index contributed by atoms with van der Waals surface area (Å²) >= 11 is 0. The van der Waals surface area contributed by atoms with E-state index in [9.17, 15) is 37.1 Å². The standard InChI is InChI=1S/C46H56F3N15O8/c1-8-63-31(19-25(3)58-63)40(67)56-43-54-30-21-28(38(51)66)23-52-39(30)62(43)15-11-10-14-61-35-29(20-27(37(50)65)22-32(35)70-17-12-13-60-16-18-71-33(24-60)46(47,48)49)53-42(61)57-41(68)36-34(26(4)59-64(36)9-2)55-44(69)72-45(5,6)7/h10-11,19-23,33H,8-9,12-18,24H2,1-7H3,(H2,50,65)(H2,51,66)(H,55,69)(H,53,57,68)(H,54,56,67)/b11-10+. The Morgan fingerprint density at radius 2 is 1.50 bits per heavy atom. The number of rotatable bonds is 18. The molecule has 1 aromatic carbocycles. The number of ether oxygens (including phenoxy) is 3. The molecular formula is C46H56F3N15O8. The molecule has 26 heteroatoms. The highest BCUT2D eigenvalue weighted by Crippen LogP contribution is 2.33. The fourth-order valence-electron chi connectivity index (χ4n) is 8.00. The van der Waals surface area contributed by atoms with E-state index in [0.29, 0.717) is 35.6 Å². The highest BCUT2D eigenvalue weighted by atomic mass is 19.4. The van der Waals surface area contributed by atoms with Gasteiger partial charge >= 0.3 is 12.3 Å². The number of carbonyl (C=O) groups excluding carboxylic acids is 5. The first-order chi connectivity index (χ1) is 34.0. The minimum absolute atomic E-state index is 0.00595. The first kappa shape index (κ1) is 52.0. The van der Waals surface area contributed by atoms with Gasteiger partial charge in [0.25, 0.3) is 11.8 Å². The molecule has 5 amide bonds. The average Bonchev–Trinajstić information content (AvgIpc) is 4.06. The predicted octanol–water partition coefficient (Wildman–Crippen LogP) is 5.17. The number of primary amides is 2. The summed E-state index contributed by atoms with van der Waals surface area (Å²) < 4.78 is 63.2. The number of morpholine rings is 1. The maximum atomic E-state index is 14.5. The molecule has 1 fully saturated rings. The number of anilines is 3. The van der Waals surface area contributed by atoms with Crippen LogP contribution in [0.5, 0.6) is 5.75 Å². The number of nitrogens with two attached hydrogens (primary N) is 2. The molecule has 0 saturated carbocycles. The van der Waals surface area contributed by atoms with Gasteiger partial charge in [-0.15, -0.1) is 0 Å². The second-order valence-corrected chi connectivity index (χ2v) is 17.8. The molecule has 5 aromatic heterocycles. The number of alkyl halides is 3. The molecule has 0 aliphatic carbocycles. The summed E-state index contributed by atoms with van der Waals surface area (Å²) in [4.78, 5) is 81.2. The van der Waals surface area contributed by atoms with Gasteiger partial charge < -0.3 is 30.2 Å². The number of aromatic nitrogens is 9. The lowest BCUT2D eigenvalue weighted by Gasteiger charge is -2.33. The van der Waals surface area contributed by atoms with Crippen LogP contribution in [0.25, 0.3) is 22.2 Å². The van der Waals surface area contributed by atoms with Crippen molar-refractivity contribution in [3.05, 3.63) is 76.5 Å². The number of amides is 5. The van der Waals surface area contributed by atoms with Crippen molar-refractivity contribution in [1.29, 1.82) is 0 Å². The Balaban J connectivity index is 1.25. The first-order valence-corrected chi connectivity index (χ1v) is 23.0. The van der Waals surface area contributed by atoms with Crippen LogP contribution in [-0.4, -0.2) is 129 Å². The van der Waals surface area contributed by atoms with Gasteiger partial charge in [0.2, 0.25) is 23.7 Å². The SMILES string of the molecule is CCn1nc(C)cc1C(=O)Nc1nc2cc(C(N)=O)cnc2n1C/C=C/Cn1c(NC(=O)c2c(NC(=O)OC(C)(C)C)c(C)nn2CC)nc2cc(C(N)=O)cc(OCCCN3CCOC(C(F)(F)F)C3)c21. The first-order valence-electron chi connectivity index (χ1n) is 23.0. The number of nitrogens with one attached hydrogen (secondary N) is 3. The van der Waals surface area contributed by atoms with Crippen molar-refractivity contribution in [3.63, 3.8) is 0 Å². The summed E-state index contributed by atoms with van der Waals surface area (Å²) in [7, 11) is 0. The van der Waals surface area contributed by atoms with E-state index in [2.05, 4.69) is 36.1 Å². The number of allylic oxidation sites excluding steroid dienone is 2. The second kappa shape index (κ2) is 21.2. The molecule has 1 aliphatic heterocycles. The Morgan fingerprint density at radius 3 is 2.17 bits per heavy atom. The van der Waals surface area contributed by atoms with E-state index >= 15 is 0 Å². The lowest BCUT2D eigenvalue weighted by Crippen LogP contribution is -2.49. The Morgan fingerprint density at radius 1 is 0.847 bits per heavy atom. The minimum Gasteiger partial charge on any atom is -0.491 e. The largest absolute Gasteiger partial charge is 0.491 e. The van der Waals surface area contributed by atoms with Gasteiger partial charge in [-0.1, -0.05) is 12.2 Å². The van der Waals surface area contributed by atoms with Crippen LogP contribution in [0.3, 0.4) is 0 Å². The fraction of sp³-hybridized carbons (Fsp3) is 0.435. The molecule has 7 rings (SSSR count). The van der Waals surface area contributed by atoms with E-state index in [-0.39, 0.29) is 109 Å². The van der Waals surface area contributed by atoms with Crippen molar-refractivity contribution < 1.29 is 51.4 Å². The minimum atomic E-state index is -4.52. The number of benzene rings is 1. The van der Waals surface area contributed by atoms with E-state index in [0.717, 1.165) is 0 Å². The summed E-state index contributed by atoms with van der Waals surface area (Å²) in [6.07, 6.45) is -2.22. The number of hydrogen-bond acceptors (Lipinski definition) is 14. The van der Waals surface area contributed by atoms with Crippen molar-refractivity contribution in [2.24, 2.45) is 11.5 Å². The molecule has 1 saturated heterocycles. The number of nitrogens with zero attached hydrogens (tertiary/aromatic N) is 10. The molecule has 23 nitrogen and oxygen atoms in total. The van der Waals surface area contributed by atoms with Crippen LogP contribution < -0.4 is 32.2 Å². The van der Waals surface area contributed by atoms with E-state index in [1.54, 1.807) is 78.5 Å². The molecule has 384 valence electrons. The molecule has 1 aliphatic rings. The number of pyridine rings is 1. The summed E-state index contributed by atoms with van der Waals surface area (Å²) in [5.41, 5.74) is 12.9. The Labute approximate surface area is 410 Å². The van der Waals surface area contributed by atoms with Crippen LogP contribution >= 0.6 is 0 Å². The van der Waals surface area contributed by atoms with Gasteiger partial charge in [-0.3, -0.25) is 54.0 Å². The van der Waals surface area contributed by atoms with Gasteiger partial charge in [0, 0.05) is 57.6 Å². The van der Waals surface area contributed by atoms with Crippen LogP contribution in [0.1, 0.15) is 94.1 Å². The van der Waals surface area contributed by atoms with E-state index in [1.165, 1.54) is 29.1 Å². The Kier molecular flexibility index (Phi) is 15.3. The zero-order valence-electron chi connectivity index (χ0n) is 40.7. The van der Waals surface area contributed by atoms with Gasteiger partial charge in [-0.05, 0) is 79.2 Å². The predicted molar refractivity (Wildman–Crippen MR) is 257 cm³/mol. The quantitative estimate of drug-likeness (QED) is 0.0549. The lowest BCUT2D eigenvalue weighted by atomic mass is 10.1. The molecule has 7 N–H and O–H groups in total. The van der Waals surface area contributed by atoms with Gasteiger partial charge in [-0.2, -0.15) is 23.4 Å². The molecule has 6 aromatic rings. The lowest BCUT2D eigenvalue weighted by molar-refractivity contribution is -0.237. The monoisotopic (exact) mass is 1000 g/mol. The highest BCUT2D eigenvalue weighted by molar-refractivity contribution is 6.09. The number of fused-ring (bicyclic) bond motifs is 2. The third kappa shape index (κ3) is 11.8. The molecule has 0 radical (unpaired) electrons. The molecule has 72 heavy (non-hydrogen) atoms. The molecule has 1 unspecified atom stereocenters. The molecular weight excluding hydrogens is 948 g/mol. The molecule has 1 atom stereocenters. The van der Waals surface area contributed by atoms with Crippen molar-refractivity contribution in [2.45, 2.75) is 98.9 Å². The third-order valence-electron chi connectivity index (χ3n) is 11.2. The highest BCUT2D eigenvalue weighted by Gasteiger charge is 2.43. The number of carbonyl (C=O) groups is 5. The van der Waals surface area contributed by atoms with Crippen LogP contribution in [0.4, 0.5) is 35.5 Å². The summed E-state index contributed by atoms with van der Waals surface area (Å²) in [6, 6.07) is 5.93. The maximum Gasteiger partial charge on any atom is 0.415 e. The van der Waals surface area contributed by atoms with Crippen molar-refractivity contribution in [3.8, 4) is 5.75 Å². The van der Waals surface area contributed by atoms with Crippen LogP contribution in [0, 0.1) is 13.8 Å². The number of imidazole rings is 2. The number of hydrogen-bond donors (Lipinski definition) is 5. The third-order valence-corrected chi connectivity index (χ3v) is 11.2. The van der Waals surface area contributed by atoms with Crippen LogP contribution in [-0.2, 0) is 35.7 Å². The van der Waals surface area contributed by atoms with Crippen molar-refractivity contribution in [1.82, 2.24) is 48.5 Å². The van der Waals surface area contributed by atoms with Gasteiger partial charge in [-0.25, -0.2) is 19.7 Å². The van der Waals surface area contributed by atoms with Gasteiger partial charge in [0.15, 0.2) is 17.4 Å². The Bertz CT molecular complexity index is 3070. The van der Waals surface area contributed by atoms with Crippen molar-refractivity contribution >= 4 is 69.5 Å². The normalized spacial score (nSPS) is 14.6. The summed E-state index contributed by atoms with van der Waals surface area (Å²) in [5, 5.41) is 17.2. The molecule has 0 spiro atoms. The van der Waals surface area contributed by atoms with Crippen molar-refractivity contribution in [2.75, 3.05) is 48.8 Å². The smallest absolute Gasteiger partial charge is 0.415 e. The van der Waals surface area contributed by atoms with E-state index < -0.39 is 47.6 Å². The van der Waals surface area contributed by atoms with Gasteiger partial charge in [0.05, 0.1) is 41.4 Å². The molecule has 0 bridgehead atoms. The Hall–Kier alpha value is -7.87. The number of aryl methyl sites for hydroxylation is 4. The zero-order valence-corrected chi connectivity index (χ0v) is 40.7. The van der Waals surface area contributed by atoms with Crippen LogP contribution in [0.15, 0.2) is 42.6 Å².